The SMILES string of the molecule is O=CCCCC1=CC(=O)CC=C1. The normalized spacial score (nSPS) is 16.0. The second-order valence-corrected chi connectivity index (χ2v) is 2.85. The summed E-state index contributed by atoms with van der Waals surface area (Å²) in [4.78, 5) is 20.9. The van der Waals surface area contributed by atoms with Gasteiger partial charge in [-0.15, -0.1) is 0 Å². The first kappa shape index (κ1) is 8.91. The van der Waals surface area contributed by atoms with Crippen molar-refractivity contribution in [2.45, 2.75) is 25.7 Å². The second kappa shape index (κ2) is 4.65. The number of ketones is 1. The predicted octanol–water partition coefficient (Wildman–Crippen LogP) is 1.81. The molecule has 0 aromatic carbocycles. The van der Waals surface area contributed by atoms with Crippen LogP contribution < -0.4 is 0 Å². The Bertz CT molecular complexity index is 236. The fourth-order valence-electron chi connectivity index (χ4n) is 1.19. The van der Waals surface area contributed by atoms with Crippen LogP contribution in [0.25, 0.3) is 0 Å². The largest absolute Gasteiger partial charge is 0.303 e. The highest BCUT2D eigenvalue weighted by Gasteiger charge is 2.02. The molecule has 0 bridgehead atoms. The minimum absolute atomic E-state index is 0.165. The zero-order valence-corrected chi connectivity index (χ0v) is 6.95. The van der Waals surface area contributed by atoms with Crippen LogP contribution in [-0.2, 0) is 9.59 Å². The molecule has 0 fully saturated rings. The van der Waals surface area contributed by atoms with Crippen LogP contribution in [0.5, 0.6) is 0 Å². The molecule has 0 saturated heterocycles. The van der Waals surface area contributed by atoms with Gasteiger partial charge in [-0.3, -0.25) is 4.79 Å². The number of rotatable bonds is 4. The first-order valence-electron chi connectivity index (χ1n) is 4.16. The second-order valence-electron chi connectivity index (χ2n) is 2.85. The molecule has 0 amide bonds. The molecule has 0 saturated carbocycles. The van der Waals surface area contributed by atoms with Gasteiger partial charge in [-0.05, 0) is 24.5 Å². The van der Waals surface area contributed by atoms with E-state index in [1.807, 2.05) is 12.2 Å². The first-order valence-corrected chi connectivity index (χ1v) is 4.16. The lowest BCUT2D eigenvalue weighted by molar-refractivity contribution is -0.114. The van der Waals surface area contributed by atoms with Crippen LogP contribution in [0.4, 0.5) is 0 Å². The third kappa shape index (κ3) is 2.82. The predicted molar refractivity (Wildman–Crippen MR) is 46.8 cm³/mol. The Morgan fingerprint density at radius 3 is 3.00 bits per heavy atom. The van der Waals surface area contributed by atoms with Crippen molar-refractivity contribution in [1.82, 2.24) is 0 Å². The van der Waals surface area contributed by atoms with Crippen molar-refractivity contribution in [1.29, 1.82) is 0 Å². The van der Waals surface area contributed by atoms with E-state index in [9.17, 15) is 9.59 Å². The number of hydrogen-bond acceptors (Lipinski definition) is 2. The Hall–Kier alpha value is -1.18. The van der Waals surface area contributed by atoms with Crippen LogP contribution in [0.15, 0.2) is 23.8 Å². The Kier molecular flexibility index (Phi) is 3.45. The highest BCUT2D eigenvalue weighted by Crippen LogP contribution is 2.13. The molecule has 2 heteroatoms. The van der Waals surface area contributed by atoms with E-state index in [0.29, 0.717) is 12.8 Å². The van der Waals surface area contributed by atoms with Crippen molar-refractivity contribution < 1.29 is 9.59 Å². The fourth-order valence-corrected chi connectivity index (χ4v) is 1.19. The van der Waals surface area contributed by atoms with E-state index >= 15 is 0 Å². The Morgan fingerprint density at radius 2 is 2.33 bits per heavy atom. The molecule has 1 rings (SSSR count). The molecule has 1 aliphatic rings. The van der Waals surface area contributed by atoms with Gasteiger partial charge < -0.3 is 4.79 Å². The fraction of sp³-hybridized carbons (Fsp3) is 0.400. The number of aldehydes is 1. The van der Waals surface area contributed by atoms with Crippen molar-refractivity contribution >= 4 is 12.1 Å². The highest BCUT2D eigenvalue weighted by atomic mass is 16.1. The van der Waals surface area contributed by atoms with Crippen molar-refractivity contribution in [3.05, 3.63) is 23.8 Å². The number of unbranched alkanes of at least 4 members (excludes halogenated alkanes) is 1. The molecule has 64 valence electrons. The van der Waals surface area contributed by atoms with Gasteiger partial charge in [0.15, 0.2) is 5.78 Å². The number of allylic oxidation sites excluding steroid dienone is 4. The van der Waals surface area contributed by atoms with Gasteiger partial charge in [0, 0.05) is 12.8 Å². The van der Waals surface area contributed by atoms with Gasteiger partial charge in [-0.25, -0.2) is 0 Å². The van der Waals surface area contributed by atoms with E-state index in [-0.39, 0.29) is 5.78 Å². The molecule has 12 heavy (non-hydrogen) atoms. The summed E-state index contributed by atoms with van der Waals surface area (Å²) in [7, 11) is 0. The van der Waals surface area contributed by atoms with Crippen molar-refractivity contribution in [3.8, 4) is 0 Å². The average Bonchev–Trinajstić information content (AvgIpc) is 2.05. The summed E-state index contributed by atoms with van der Waals surface area (Å²) in [5.74, 6) is 0.165. The van der Waals surface area contributed by atoms with E-state index in [4.69, 9.17) is 0 Å². The van der Waals surface area contributed by atoms with E-state index in [1.54, 1.807) is 6.08 Å². The number of carbonyl (C=O) groups excluding carboxylic acids is 2. The van der Waals surface area contributed by atoms with Gasteiger partial charge in [0.1, 0.15) is 6.29 Å². The minimum Gasteiger partial charge on any atom is -0.303 e. The Balaban J connectivity index is 2.36. The van der Waals surface area contributed by atoms with E-state index in [0.717, 1.165) is 24.7 Å². The Morgan fingerprint density at radius 1 is 1.50 bits per heavy atom. The summed E-state index contributed by atoms with van der Waals surface area (Å²) in [5, 5.41) is 0. The number of carbonyl (C=O) groups is 2. The lowest BCUT2D eigenvalue weighted by Gasteiger charge is -2.03. The van der Waals surface area contributed by atoms with Crippen molar-refractivity contribution in [2.75, 3.05) is 0 Å². The van der Waals surface area contributed by atoms with Crippen LogP contribution in [0.3, 0.4) is 0 Å². The summed E-state index contributed by atoms with van der Waals surface area (Å²) >= 11 is 0. The smallest absolute Gasteiger partial charge is 0.159 e. The van der Waals surface area contributed by atoms with Crippen LogP contribution in [0.1, 0.15) is 25.7 Å². The van der Waals surface area contributed by atoms with E-state index < -0.39 is 0 Å². The molecule has 0 aromatic heterocycles. The van der Waals surface area contributed by atoms with Gasteiger partial charge >= 0.3 is 0 Å². The molecule has 1 aliphatic carbocycles. The molecule has 0 aromatic rings. The van der Waals surface area contributed by atoms with Gasteiger partial charge in [-0.2, -0.15) is 0 Å². The third-order valence-corrected chi connectivity index (χ3v) is 1.78. The monoisotopic (exact) mass is 164 g/mol. The maximum Gasteiger partial charge on any atom is 0.159 e. The summed E-state index contributed by atoms with van der Waals surface area (Å²) in [6.07, 6.45) is 9.20. The van der Waals surface area contributed by atoms with Gasteiger partial charge in [0.2, 0.25) is 0 Å². The van der Waals surface area contributed by atoms with Gasteiger partial charge in [0.25, 0.3) is 0 Å². The average molecular weight is 164 g/mol. The molecular weight excluding hydrogens is 152 g/mol. The molecule has 0 aliphatic heterocycles. The maximum absolute atomic E-state index is 10.9. The topological polar surface area (TPSA) is 34.1 Å². The molecule has 0 heterocycles. The van der Waals surface area contributed by atoms with Crippen LogP contribution >= 0.6 is 0 Å². The third-order valence-electron chi connectivity index (χ3n) is 1.78. The van der Waals surface area contributed by atoms with Gasteiger partial charge in [0.05, 0.1) is 0 Å². The zero-order valence-electron chi connectivity index (χ0n) is 6.95. The molecule has 0 N–H and O–H groups in total. The zero-order chi connectivity index (χ0) is 8.81. The minimum atomic E-state index is 0.165. The molecule has 0 unspecified atom stereocenters. The Labute approximate surface area is 72.0 Å². The van der Waals surface area contributed by atoms with Crippen LogP contribution in [0.2, 0.25) is 0 Å². The molecule has 2 nitrogen and oxygen atoms in total. The summed E-state index contributed by atoms with van der Waals surface area (Å²) in [6, 6.07) is 0. The van der Waals surface area contributed by atoms with E-state index in [2.05, 4.69) is 0 Å². The maximum atomic E-state index is 10.9. The van der Waals surface area contributed by atoms with Crippen LogP contribution in [0, 0.1) is 0 Å². The highest BCUT2D eigenvalue weighted by molar-refractivity contribution is 5.93. The quantitative estimate of drug-likeness (QED) is 0.469. The molecule has 0 spiro atoms. The van der Waals surface area contributed by atoms with Crippen molar-refractivity contribution in [3.63, 3.8) is 0 Å². The van der Waals surface area contributed by atoms with Crippen molar-refractivity contribution in [2.24, 2.45) is 0 Å². The first-order chi connectivity index (χ1) is 5.83. The molecule has 0 atom stereocenters. The molecular formula is C10H12O2. The summed E-state index contributed by atoms with van der Waals surface area (Å²) < 4.78 is 0. The summed E-state index contributed by atoms with van der Waals surface area (Å²) in [5.41, 5.74) is 1.05. The lowest BCUT2D eigenvalue weighted by Crippen LogP contribution is -1.97. The lowest BCUT2D eigenvalue weighted by atomic mass is 10.0. The number of hydrogen-bond donors (Lipinski definition) is 0. The van der Waals surface area contributed by atoms with Gasteiger partial charge in [-0.1, -0.05) is 12.2 Å². The van der Waals surface area contributed by atoms with E-state index in [1.165, 1.54) is 0 Å². The molecule has 0 radical (unpaired) electrons. The summed E-state index contributed by atoms with van der Waals surface area (Å²) in [6.45, 7) is 0. The van der Waals surface area contributed by atoms with Crippen LogP contribution in [-0.4, -0.2) is 12.1 Å². The standard InChI is InChI=1S/C10H12O2/c11-7-2-1-4-9-5-3-6-10(12)8-9/h3,5,7-8H,1-2,4,6H2.